The highest BCUT2D eigenvalue weighted by Gasteiger charge is 2.34. The lowest BCUT2D eigenvalue weighted by Gasteiger charge is -2.13. The van der Waals surface area contributed by atoms with E-state index in [0.29, 0.717) is 11.8 Å². The van der Waals surface area contributed by atoms with Crippen LogP contribution in [0.2, 0.25) is 5.02 Å². The van der Waals surface area contributed by atoms with Crippen LogP contribution < -0.4 is 10.1 Å². The van der Waals surface area contributed by atoms with E-state index in [1.54, 1.807) is 6.07 Å². The quantitative estimate of drug-likeness (QED) is 0.349. The van der Waals surface area contributed by atoms with Crippen molar-refractivity contribution in [1.29, 1.82) is 0 Å². The molecular formula is C20H15ClFN3O6S. The van der Waals surface area contributed by atoms with Gasteiger partial charge in [0.2, 0.25) is 0 Å². The molecule has 3 amide bonds. The second-order valence-corrected chi connectivity index (χ2v) is 7.77. The van der Waals surface area contributed by atoms with Gasteiger partial charge in [0.15, 0.2) is 6.61 Å². The average Bonchev–Trinajstić information content (AvgIpc) is 3.01. The predicted molar refractivity (Wildman–Crippen MR) is 116 cm³/mol. The highest BCUT2D eigenvalue weighted by molar-refractivity contribution is 8.18. The van der Waals surface area contributed by atoms with E-state index in [2.05, 4.69) is 5.32 Å². The zero-order valence-electron chi connectivity index (χ0n) is 16.2. The maximum Gasteiger partial charge on any atom is 0.293 e. The summed E-state index contributed by atoms with van der Waals surface area (Å²) in [7, 11) is 0. The van der Waals surface area contributed by atoms with E-state index in [-0.39, 0.29) is 40.0 Å². The molecule has 0 aromatic heterocycles. The van der Waals surface area contributed by atoms with Crippen LogP contribution in [0.25, 0.3) is 6.08 Å². The Bertz CT molecular complexity index is 1130. The Morgan fingerprint density at radius 2 is 2.03 bits per heavy atom. The zero-order chi connectivity index (χ0) is 23.3. The minimum absolute atomic E-state index is 0.0218. The zero-order valence-corrected chi connectivity index (χ0v) is 17.8. The number of hydrogen-bond acceptors (Lipinski definition) is 7. The van der Waals surface area contributed by atoms with Gasteiger partial charge < -0.3 is 10.1 Å². The van der Waals surface area contributed by atoms with E-state index in [1.807, 2.05) is 0 Å². The molecular weight excluding hydrogens is 465 g/mol. The number of nitro benzene ring substituents is 1. The predicted octanol–water partition coefficient (Wildman–Crippen LogP) is 3.62. The summed E-state index contributed by atoms with van der Waals surface area (Å²) in [5, 5.41) is 12.6. The van der Waals surface area contributed by atoms with E-state index < -0.39 is 34.4 Å². The van der Waals surface area contributed by atoms with Gasteiger partial charge in [0.1, 0.15) is 11.6 Å². The van der Waals surface area contributed by atoms with Gasteiger partial charge in [0.05, 0.1) is 14.9 Å². The van der Waals surface area contributed by atoms with Crippen molar-refractivity contribution in [1.82, 2.24) is 10.2 Å². The molecule has 0 atom stereocenters. The van der Waals surface area contributed by atoms with Crippen molar-refractivity contribution in [2.75, 3.05) is 19.7 Å². The van der Waals surface area contributed by atoms with Gasteiger partial charge in [-0.1, -0.05) is 29.8 Å². The fourth-order valence-corrected chi connectivity index (χ4v) is 3.73. The maximum atomic E-state index is 13.8. The molecule has 0 aliphatic carbocycles. The fraction of sp³-hybridized carbons (Fsp3) is 0.150. The lowest BCUT2D eigenvalue weighted by atomic mass is 10.2. The Hall–Kier alpha value is -3.44. The van der Waals surface area contributed by atoms with Gasteiger partial charge in [-0.05, 0) is 30.0 Å². The van der Waals surface area contributed by atoms with Crippen LogP contribution in [0.1, 0.15) is 5.56 Å². The minimum atomic E-state index is -0.613. The summed E-state index contributed by atoms with van der Waals surface area (Å²) in [5.74, 6) is -1.55. The molecule has 9 nitrogen and oxygen atoms in total. The third kappa shape index (κ3) is 5.62. The van der Waals surface area contributed by atoms with Crippen LogP contribution in [-0.2, 0) is 9.59 Å². The molecule has 166 valence electrons. The van der Waals surface area contributed by atoms with Gasteiger partial charge in [-0.3, -0.25) is 29.4 Å². The highest BCUT2D eigenvalue weighted by Crippen LogP contribution is 2.32. The molecule has 0 saturated carbocycles. The first kappa shape index (κ1) is 23.2. The number of thioether (sulfide) groups is 1. The second-order valence-electron chi connectivity index (χ2n) is 6.37. The van der Waals surface area contributed by atoms with Crippen LogP contribution in [0.3, 0.4) is 0 Å². The van der Waals surface area contributed by atoms with E-state index in [4.69, 9.17) is 16.3 Å². The molecule has 0 spiro atoms. The molecule has 3 rings (SSSR count). The van der Waals surface area contributed by atoms with E-state index >= 15 is 0 Å². The number of nitro groups is 1. The molecule has 12 heteroatoms. The van der Waals surface area contributed by atoms with Crippen molar-refractivity contribution in [3.05, 3.63) is 73.9 Å². The number of non-ortho nitro benzene ring substituents is 1. The Morgan fingerprint density at radius 3 is 2.72 bits per heavy atom. The third-order valence-corrected chi connectivity index (χ3v) is 5.41. The van der Waals surface area contributed by atoms with Crippen LogP contribution in [0, 0.1) is 15.9 Å². The van der Waals surface area contributed by atoms with Gasteiger partial charge in [-0.15, -0.1) is 0 Å². The van der Waals surface area contributed by atoms with Gasteiger partial charge in [-0.2, -0.15) is 0 Å². The summed E-state index contributed by atoms with van der Waals surface area (Å²) in [6.45, 7) is -0.531. The first-order valence-corrected chi connectivity index (χ1v) is 10.3. The summed E-state index contributed by atoms with van der Waals surface area (Å²) in [5.41, 5.74) is -0.0265. The van der Waals surface area contributed by atoms with Crippen molar-refractivity contribution in [3.8, 4) is 5.75 Å². The first-order valence-electron chi connectivity index (χ1n) is 9.09. The number of rotatable bonds is 8. The molecule has 1 N–H and O–H groups in total. The monoisotopic (exact) mass is 479 g/mol. The highest BCUT2D eigenvalue weighted by atomic mass is 35.5. The van der Waals surface area contributed by atoms with Gasteiger partial charge >= 0.3 is 0 Å². The normalized spacial score (nSPS) is 14.7. The molecule has 0 unspecified atom stereocenters. The maximum absolute atomic E-state index is 13.8. The van der Waals surface area contributed by atoms with Gasteiger partial charge in [0.25, 0.3) is 22.7 Å². The average molecular weight is 480 g/mol. The number of benzene rings is 2. The van der Waals surface area contributed by atoms with E-state index in [1.165, 1.54) is 36.4 Å². The summed E-state index contributed by atoms with van der Waals surface area (Å²) >= 11 is 6.58. The SMILES string of the molecule is O=C(COc1ccc([N+](=O)[O-])cc1Cl)NCCN1C(=O)S/C(=C\c2ccccc2F)C1=O. The summed E-state index contributed by atoms with van der Waals surface area (Å²) in [4.78, 5) is 47.6. The number of nitrogens with zero attached hydrogens (tertiary/aromatic N) is 2. The van der Waals surface area contributed by atoms with Crippen molar-refractivity contribution >= 4 is 52.2 Å². The molecule has 1 aliphatic heterocycles. The Balaban J connectivity index is 1.49. The number of nitrogens with one attached hydrogen (secondary N) is 1. The number of carbonyl (C=O) groups excluding carboxylic acids is 3. The third-order valence-electron chi connectivity index (χ3n) is 4.21. The summed E-state index contributed by atoms with van der Waals surface area (Å²) in [6, 6.07) is 9.42. The summed E-state index contributed by atoms with van der Waals surface area (Å²) in [6.07, 6.45) is 1.31. The smallest absolute Gasteiger partial charge is 0.293 e. The Labute approximate surface area is 190 Å². The number of ether oxygens (including phenoxy) is 1. The topological polar surface area (TPSA) is 119 Å². The molecule has 2 aromatic rings. The molecule has 1 saturated heterocycles. The molecule has 32 heavy (non-hydrogen) atoms. The Kier molecular flexibility index (Phi) is 7.44. The first-order chi connectivity index (χ1) is 15.3. The minimum Gasteiger partial charge on any atom is -0.482 e. The Morgan fingerprint density at radius 1 is 1.28 bits per heavy atom. The molecule has 2 aromatic carbocycles. The molecule has 0 radical (unpaired) electrons. The molecule has 0 bridgehead atoms. The van der Waals surface area contributed by atoms with Gasteiger partial charge in [0, 0.05) is 30.8 Å². The van der Waals surface area contributed by atoms with Crippen molar-refractivity contribution < 1.29 is 28.4 Å². The van der Waals surface area contributed by atoms with Crippen LogP contribution >= 0.6 is 23.4 Å². The number of hydrogen-bond donors (Lipinski definition) is 1. The number of halogens is 2. The van der Waals surface area contributed by atoms with Crippen LogP contribution in [-0.4, -0.2) is 46.6 Å². The lowest BCUT2D eigenvalue weighted by molar-refractivity contribution is -0.384. The van der Waals surface area contributed by atoms with E-state index in [0.717, 1.165) is 11.0 Å². The van der Waals surface area contributed by atoms with E-state index in [9.17, 15) is 28.9 Å². The fourth-order valence-electron chi connectivity index (χ4n) is 2.65. The molecule has 1 heterocycles. The van der Waals surface area contributed by atoms with Crippen molar-refractivity contribution in [2.45, 2.75) is 0 Å². The van der Waals surface area contributed by atoms with Crippen LogP contribution in [0.15, 0.2) is 47.4 Å². The standard InChI is InChI=1S/C20H15ClFN3O6S/c21-14-10-13(25(29)30)5-6-16(14)31-11-18(26)23-7-8-24-19(27)17(32-20(24)28)9-12-3-1-2-4-15(12)22/h1-6,9-10H,7-8,11H2,(H,23,26)/b17-9-. The lowest BCUT2D eigenvalue weighted by Crippen LogP contribution is -2.38. The largest absolute Gasteiger partial charge is 0.482 e. The molecule has 1 aliphatic rings. The number of amides is 3. The van der Waals surface area contributed by atoms with Crippen LogP contribution in [0.4, 0.5) is 14.9 Å². The summed E-state index contributed by atoms with van der Waals surface area (Å²) < 4.78 is 19.0. The second kappa shape index (κ2) is 10.2. The van der Waals surface area contributed by atoms with Crippen molar-refractivity contribution in [2.24, 2.45) is 0 Å². The molecule has 1 fully saturated rings. The number of carbonyl (C=O) groups is 3. The number of imide groups is 1. The van der Waals surface area contributed by atoms with Crippen molar-refractivity contribution in [3.63, 3.8) is 0 Å². The van der Waals surface area contributed by atoms with Crippen LogP contribution in [0.5, 0.6) is 5.75 Å². The van der Waals surface area contributed by atoms with Gasteiger partial charge in [-0.25, -0.2) is 4.39 Å².